The molecule has 0 aliphatic carbocycles. The maximum Gasteiger partial charge on any atom is 0.335 e. The van der Waals surface area contributed by atoms with E-state index in [0.717, 1.165) is 16.1 Å². The molecule has 1 aliphatic rings. The summed E-state index contributed by atoms with van der Waals surface area (Å²) in [6, 6.07) is 26.1. The predicted molar refractivity (Wildman–Crippen MR) is 140 cm³/mol. The molecule has 174 valence electrons. The number of nitrogens with one attached hydrogen (secondary N) is 1. The van der Waals surface area contributed by atoms with E-state index in [1.165, 1.54) is 28.4 Å². The van der Waals surface area contributed by atoms with E-state index < -0.39 is 5.97 Å². The van der Waals surface area contributed by atoms with Gasteiger partial charge in [-0.05, 0) is 47.0 Å². The van der Waals surface area contributed by atoms with Gasteiger partial charge in [-0.1, -0.05) is 72.4 Å². The normalized spacial score (nSPS) is 14.1. The van der Waals surface area contributed by atoms with E-state index in [4.69, 9.17) is 10.5 Å². The molecule has 1 fully saturated rings. The lowest BCUT2D eigenvalue weighted by Gasteiger charge is -2.16. The van der Waals surface area contributed by atoms with E-state index >= 15 is 0 Å². The second-order valence-corrected chi connectivity index (χ2v) is 9.36. The van der Waals surface area contributed by atoms with Crippen LogP contribution in [0.2, 0.25) is 0 Å². The third-order valence-electron chi connectivity index (χ3n) is 4.75. The highest BCUT2D eigenvalue weighted by molar-refractivity contribution is 8.19. The molecule has 1 saturated heterocycles. The average molecular weight is 492 g/mol. The Kier molecular flexibility index (Phi) is 8.95. The molecule has 2 N–H and O–H groups in total. The van der Waals surface area contributed by atoms with Crippen LogP contribution in [0.3, 0.4) is 0 Å². The number of carboxylic acid groups (broad SMARTS) is 1. The lowest BCUT2D eigenvalue weighted by atomic mass is 10.2. The number of rotatable bonds is 6. The maximum atomic E-state index is 12.6. The molecular weight excluding hydrogens is 466 g/mol. The number of carbonyl (C=O) groups is 2. The number of amides is 1. The van der Waals surface area contributed by atoms with Crippen molar-refractivity contribution >= 4 is 46.3 Å². The van der Waals surface area contributed by atoms with Crippen molar-refractivity contribution in [2.45, 2.75) is 11.4 Å². The first kappa shape index (κ1) is 25.1. The van der Waals surface area contributed by atoms with Crippen LogP contribution >= 0.6 is 23.5 Å². The number of anilines is 1. The number of benzene rings is 3. The number of thioether (sulfide) groups is 2. The zero-order valence-corrected chi connectivity index (χ0v) is 20.5. The van der Waals surface area contributed by atoms with Gasteiger partial charge in [0.15, 0.2) is 5.17 Å². The van der Waals surface area contributed by atoms with Crippen molar-refractivity contribution in [3.05, 3.63) is 106 Å². The Morgan fingerprint density at radius 2 is 1.59 bits per heavy atom. The van der Waals surface area contributed by atoms with Gasteiger partial charge in [-0.2, -0.15) is 0 Å². The molecular formula is C26H25N3O3S2. The molecule has 0 unspecified atom stereocenters. The van der Waals surface area contributed by atoms with Crippen molar-refractivity contribution < 1.29 is 14.7 Å². The molecule has 0 atom stereocenters. The zero-order valence-electron chi connectivity index (χ0n) is 18.8. The van der Waals surface area contributed by atoms with Crippen LogP contribution in [0.15, 0.2) is 100 Å². The highest BCUT2D eigenvalue weighted by Crippen LogP contribution is 2.36. The smallest absolute Gasteiger partial charge is 0.335 e. The third-order valence-corrected chi connectivity index (χ3v) is 6.78. The SMILES string of the molecule is CN(C)c1ccccc1S/C=C1\SC(=N)N(Cc2ccccc2)C1=O.O=C(O)c1ccccc1. The first-order valence-corrected chi connectivity index (χ1v) is 12.1. The number of carbonyl (C=O) groups excluding carboxylic acids is 1. The number of para-hydroxylation sites is 1. The highest BCUT2D eigenvalue weighted by Gasteiger charge is 2.32. The quantitative estimate of drug-likeness (QED) is 0.336. The summed E-state index contributed by atoms with van der Waals surface area (Å²) in [5.74, 6) is -0.982. The highest BCUT2D eigenvalue weighted by atomic mass is 32.2. The number of nitrogens with zero attached hydrogens (tertiary/aromatic N) is 2. The fraction of sp³-hybridized carbons (Fsp3) is 0.115. The molecule has 34 heavy (non-hydrogen) atoms. The summed E-state index contributed by atoms with van der Waals surface area (Å²) in [6.45, 7) is 0.432. The second-order valence-electron chi connectivity index (χ2n) is 7.42. The molecule has 1 heterocycles. The van der Waals surface area contributed by atoms with Crippen LogP contribution in [-0.2, 0) is 11.3 Å². The predicted octanol–water partition coefficient (Wildman–Crippen LogP) is 5.78. The lowest BCUT2D eigenvalue weighted by Crippen LogP contribution is -2.27. The number of aromatic carboxylic acids is 1. The second kappa shape index (κ2) is 12.1. The first-order chi connectivity index (χ1) is 16.4. The van der Waals surface area contributed by atoms with Crippen LogP contribution in [-0.4, -0.2) is 41.1 Å². The van der Waals surface area contributed by atoms with Gasteiger partial charge < -0.3 is 10.0 Å². The van der Waals surface area contributed by atoms with Gasteiger partial charge >= 0.3 is 5.97 Å². The van der Waals surface area contributed by atoms with Crippen LogP contribution in [0.4, 0.5) is 5.69 Å². The minimum absolute atomic E-state index is 0.103. The third kappa shape index (κ3) is 6.76. The van der Waals surface area contributed by atoms with Gasteiger partial charge in [0.05, 0.1) is 22.7 Å². The minimum Gasteiger partial charge on any atom is -0.478 e. The van der Waals surface area contributed by atoms with Gasteiger partial charge in [-0.25, -0.2) is 4.79 Å². The van der Waals surface area contributed by atoms with E-state index in [2.05, 4.69) is 0 Å². The Labute approximate surface area is 207 Å². The maximum absolute atomic E-state index is 12.6. The van der Waals surface area contributed by atoms with E-state index in [1.807, 2.05) is 79.0 Å². The molecule has 6 nitrogen and oxygen atoms in total. The first-order valence-electron chi connectivity index (χ1n) is 10.4. The molecule has 1 amide bonds. The fourth-order valence-electron chi connectivity index (χ4n) is 3.04. The Morgan fingerprint density at radius 3 is 2.18 bits per heavy atom. The molecule has 3 aromatic rings. The summed E-state index contributed by atoms with van der Waals surface area (Å²) in [5, 5.41) is 18.6. The fourth-order valence-corrected chi connectivity index (χ4v) is 4.90. The van der Waals surface area contributed by atoms with Gasteiger partial charge in [-0.3, -0.25) is 15.1 Å². The molecule has 0 spiro atoms. The molecule has 3 aromatic carbocycles. The largest absolute Gasteiger partial charge is 0.478 e. The van der Waals surface area contributed by atoms with Gasteiger partial charge in [0.25, 0.3) is 5.91 Å². The molecule has 1 aliphatic heterocycles. The van der Waals surface area contributed by atoms with Crippen molar-refractivity contribution in [2.75, 3.05) is 19.0 Å². The van der Waals surface area contributed by atoms with Gasteiger partial charge in [-0.15, -0.1) is 0 Å². The van der Waals surface area contributed by atoms with Crippen LogP contribution in [0.25, 0.3) is 0 Å². The number of hydrogen-bond donors (Lipinski definition) is 2. The number of amidine groups is 1. The topological polar surface area (TPSA) is 84.7 Å². The van der Waals surface area contributed by atoms with Crippen LogP contribution in [0, 0.1) is 5.41 Å². The molecule has 0 saturated carbocycles. The van der Waals surface area contributed by atoms with Crippen molar-refractivity contribution in [2.24, 2.45) is 0 Å². The molecule has 8 heteroatoms. The summed E-state index contributed by atoms with van der Waals surface area (Å²) >= 11 is 2.74. The summed E-state index contributed by atoms with van der Waals surface area (Å²) in [6.07, 6.45) is 0. The Balaban J connectivity index is 0.000000302. The monoisotopic (exact) mass is 491 g/mol. The Morgan fingerprint density at radius 1 is 1.00 bits per heavy atom. The van der Waals surface area contributed by atoms with Gasteiger partial charge in [0.1, 0.15) is 0 Å². The molecule has 0 aromatic heterocycles. The number of carboxylic acids is 1. The average Bonchev–Trinajstić information content (AvgIpc) is 3.12. The van der Waals surface area contributed by atoms with Crippen molar-refractivity contribution in [3.63, 3.8) is 0 Å². The Bertz CT molecular complexity index is 1180. The van der Waals surface area contributed by atoms with E-state index in [9.17, 15) is 9.59 Å². The van der Waals surface area contributed by atoms with Crippen LogP contribution in [0.5, 0.6) is 0 Å². The van der Waals surface area contributed by atoms with Gasteiger partial charge in [0, 0.05) is 19.0 Å². The van der Waals surface area contributed by atoms with Gasteiger partial charge in [0.2, 0.25) is 0 Å². The number of hydrogen-bond acceptors (Lipinski definition) is 6. The zero-order chi connectivity index (χ0) is 24.5. The van der Waals surface area contributed by atoms with Crippen LogP contribution in [0.1, 0.15) is 15.9 Å². The summed E-state index contributed by atoms with van der Waals surface area (Å²) in [5.41, 5.74) is 2.46. The van der Waals surface area contributed by atoms with Crippen molar-refractivity contribution in [3.8, 4) is 0 Å². The van der Waals surface area contributed by atoms with Crippen molar-refractivity contribution in [1.82, 2.24) is 4.90 Å². The summed E-state index contributed by atoms with van der Waals surface area (Å²) < 4.78 is 0. The lowest BCUT2D eigenvalue weighted by molar-refractivity contribution is -0.122. The van der Waals surface area contributed by atoms with E-state index in [1.54, 1.807) is 30.3 Å². The molecule has 0 bridgehead atoms. The standard InChI is InChI=1S/C19H19N3OS2.C7H6O2/c1-21(2)15-10-6-7-11-16(15)24-13-17-18(23)22(19(20)25-17)12-14-8-4-3-5-9-14;8-7(9)6-4-2-1-3-5-6/h3-11,13,20H,12H2,1-2H3;1-5H,(H,8,9)/b17-13-,20-19?;. The molecule has 0 radical (unpaired) electrons. The Hall–Kier alpha value is -3.49. The van der Waals surface area contributed by atoms with Crippen molar-refractivity contribution in [1.29, 1.82) is 5.41 Å². The van der Waals surface area contributed by atoms with Crippen LogP contribution < -0.4 is 4.90 Å². The summed E-state index contributed by atoms with van der Waals surface area (Å²) in [7, 11) is 4.00. The molecule has 4 rings (SSSR count). The minimum atomic E-state index is -0.879. The summed E-state index contributed by atoms with van der Waals surface area (Å²) in [4.78, 5) is 28.1. The van der Waals surface area contributed by atoms with E-state index in [0.29, 0.717) is 17.0 Å². The van der Waals surface area contributed by atoms with E-state index in [-0.39, 0.29) is 11.1 Å².